The molecule has 1 atom stereocenters. The summed E-state index contributed by atoms with van der Waals surface area (Å²) in [5.74, 6) is 0.158. The predicted molar refractivity (Wildman–Crippen MR) is 75.0 cm³/mol. The molecule has 0 saturated carbocycles. The Morgan fingerprint density at radius 3 is 2.61 bits per heavy atom. The van der Waals surface area contributed by atoms with Crippen LogP contribution in [0.4, 0.5) is 0 Å². The smallest absolute Gasteiger partial charge is 0.162 e. The minimum Gasteiger partial charge on any atom is -0.382 e. The second kappa shape index (κ2) is 8.40. The number of benzene rings is 1. The van der Waals surface area contributed by atoms with Crippen LogP contribution in [-0.4, -0.2) is 32.2 Å². The van der Waals surface area contributed by atoms with Crippen molar-refractivity contribution in [2.75, 3.05) is 20.3 Å². The first-order chi connectivity index (χ1) is 8.63. The van der Waals surface area contributed by atoms with Gasteiger partial charge in [0.15, 0.2) is 5.78 Å². The fraction of sp³-hybridized carbons (Fsp3) is 0.500. The van der Waals surface area contributed by atoms with Gasteiger partial charge in [0.2, 0.25) is 0 Å². The van der Waals surface area contributed by atoms with Gasteiger partial charge < -0.3 is 9.47 Å². The van der Waals surface area contributed by atoms with Gasteiger partial charge in [-0.3, -0.25) is 4.79 Å². The number of methoxy groups -OCH3 is 1. The van der Waals surface area contributed by atoms with Crippen molar-refractivity contribution in [1.29, 1.82) is 0 Å². The molecule has 18 heavy (non-hydrogen) atoms. The minimum atomic E-state index is 0.0813. The Balaban J connectivity index is 2.23. The van der Waals surface area contributed by atoms with Crippen molar-refractivity contribution in [3.63, 3.8) is 0 Å². The van der Waals surface area contributed by atoms with Gasteiger partial charge >= 0.3 is 0 Å². The summed E-state index contributed by atoms with van der Waals surface area (Å²) in [4.78, 5) is 11.8. The Hall–Kier alpha value is -0.710. The molecule has 0 heterocycles. The Labute approximate surface area is 117 Å². The van der Waals surface area contributed by atoms with Gasteiger partial charge in [-0.2, -0.15) is 0 Å². The summed E-state index contributed by atoms with van der Waals surface area (Å²) >= 11 is 3.35. The lowest BCUT2D eigenvalue weighted by Gasteiger charge is -2.11. The van der Waals surface area contributed by atoms with E-state index in [4.69, 9.17) is 9.47 Å². The van der Waals surface area contributed by atoms with E-state index in [0.717, 1.165) is 16.5 Å². The van der Waals surface area contributed by atoms with Gasteiger partial charge in [0.05, 0.1) is 12.7 Å². The Morgan fingerprint density at radius 1 is 1.33 bits per heavy atom. The lowest BCUT2D eigenvalue weighted by molar-refractivity contribution is 0.00794. The van der Waals surface area contributed by atoms with Crippen LogP contribution in [-0.2, 0) is 9.47 Å². The third kappa shape index (κ3) is 5.76. The highest BCUT2D eigenvalue weighted by Crippen LogP contribution is 2.12. The van der Waals surface area contributed by atoms with Crippen LogP contribution in [0.3, 0.4) is 0 Å². The zero-order valence-electron chi connectivity index (χ0n) is 10.8. The lowest BCUT2D eigenvalue weighted by Crippen LogP contribution is -2.15. The van der Waals surface area contributed by atoms with Crippen molar-refractivity contribution in [2.24, 2.45) is 0 Å². The number of carbonyl (C=O) groups excluding carboxylic acids is 1. The van der Waals surface area contributed by atoms with E-state index >= 15 is 0 Å². The minimum absolute atomic E-state index is 0.0813. The van der Waals surface area contributed by atoms with Gasteiger partial charge in [-0.05, 0) is 25.5 Å². The molecule has 0 aromatic heterocycles. The van der Waals surface area contributed by atoms with Crippen LogP contribution in [0.5, 0.6) is 0 Å². The standard InChI is InChI=1S/C14H19BrO3/c1-11(10-17-2)18-9-3-4-14(16)12-5-7-13(15)8-6-12/h5-8,11H,3-4,9-10H2,1-2H3. The first-order valence-electron chi connectivity index (χ1n) is 6.02. The van der Waals surface area contributed by atoms with Crippen LogP contribution in [0.2, 0.25) is 0 Å². The van der Waals surface area contributed by atoms with E-state index in [2.05, 4.69) is 15.9 Å². The zero-order valence-corrected chi connectivity index (χ0v) is 12.4. The van der Waals surface area contributed by atoms with Crippen molar-refractivity contribution < 1.29 is 14.3 Å². The molecule has 0 aliphatic heterocycles. The number of hydrogen-bond acceptors (Lipinski definition) is 3. The fourth-order valence-electron chi connectivity index (χ4n) is 1.58. The van der Waals surface area contributed by atoms with E-state index in [1.165, 1.54) is 0 Å². The molecule has 0 spiro atoms. The maximum atomic E-state index is 11.8. The number of rotatable bonds is 8. The average Bonchev–Trinajstić information content (AvgIpc) is 2.35. The quantitative estimate of drug-likeness (QED) is 0.544. The number of hydrogen-bond donors (Lipinski definition) is 0. The Kier molecular flexibility index (Phi) is 7.16. The van der Waals surface area contributed by atoms with Crippen LogP contribution >= 0.6 is 15.9 Å². The highest BCUT2D eigenvalue weighted by molar-refractivity contribution is 9.10. The van der Waals surface area contributed by atoms with E-state index in [0.29, 0.717) is 19.6 Å². The summed E-state index contributed by atoms with van der Waals surface area (Å²) in [7, 11) is 1.65. The molecule has 4 heteroatoms. The van der Waals surface area contributed by atoms with Crippen molar-refractivity contribution in [3.05, 3.63) is 34.3 Å². The van der Waals surface area contributed by atoms with Gasteiger partial charge in [0.25, 0.3) is 0 Å². The summed E-state index contributed by atoms with van der Waals surface area (Å²) in [5.41, 5.74) is 0.753. The van der Waals surface area contributed by atoms with Gasteiger partial charge in [0, 0.05) is 30.2 Å². The van der Waals surface area contributed by atoms with Gasteiger partial charge in [0.1, 0.15) is 0 Å². The number of halogens is 1. The molecule has 0 N–H and O–H groups in total. The topological polar surface area (TPSA) is 35.5 Å². The molecule has 0 bridgehead atoms. The molecular formula is C14H19BrO3. The van der Waals surface area contributed by atoms with Crippen LogP contribution in [0.15, 0.2) is 28.7 Å². The first-order valence-corrected chi connectivity index (χ1v) is 6.82. The van der Waals surface area contributed by atoms with Crippen LogP contribution in [0.1, 0.15) is 30.1 Å². The average molecular weight is 315 g/mol. The normalized spacial score (nSPS) is 12.4. The number of Topliss-reactive ketones (excluding diaryl/α,β-unsaturated/α-hetero) is 1. The highest BCUT2D eigenvalue weighted by atomic mass is 79.9. The molecule has 0 fully saturated rings. The third-order valence-electron chi connectivity index (χ3n) is 2.52. The second-order valence-corrected chi connectivity index (χ2v) is 5.09. The summed E-state index contributed by atoms with van der Waals surface area (Å²) in [6.45, 7) is 3.13. The van der Waals surface area contributed by atoms with Gasteiger partial charge in [-0.15, -0.1) is 0 Å². The highest BCUT2D eigenvalue weighted by Gasteiger charge is 2.06. The molecule has 0 aliphatic rings. The number of ketones is 1. The number of carbonyl (C=O) groups is 1. The van der Waals surface area contributed by atoms with E-state index < -0.39 is 0 Å². The molecule has 1 aromatic rings. The van der Waals surface area contributed by atoms with Crippen molar-refractivity contribution in [3.8, 4) is 0 Å². The SMILES string of the molecule is COCC(C)OCCCC(=O)c1ccc(Br)cc1. The summed E-state index contributed by atoms with van der Waals surface area (Å²) in [6, 6.07) is 7.43. The largest absolute Gasteiger partial charge is 0.382 e. The van der Waals surface area contributed by atoms with E-state index in [1.807, 2.05) is 31.2 Å². The maximum absolute atomic E-state index is 11.8. The Morgan fingerprint density at radius 2 is 2.00 bits per heavy atom. The summed E-state index contributed by atoms with van der Waals surface area (Å²) in [6.07, 6.45) is 1.34. The van der Waals surface area contributed by atoms with E-state index in [9.17, 15) is 4.79 Å². The van der Waals surface area contributed by atoms with Gasteiger partial charge in [-0.25, -0.2) is 0 Å². The van der Waals surface area contributed by atoms with E-state index in [-0.39, 0.29) is 11.9 Å². The summed E-state index contributed by atoms with van der Waals surface area (Å²) < 4.78 is 11.5. The lowest BCUT2D eigenvalue weighted by atomic mass is 10.1. The van der Waals surface area contributed by atoms with Crippen molar-refractivity contribution >= 4 is 21.7 Å². The molecular weight excluding hydrogens is 296 g/mol. The fourth-order valence-corrected chi connectivity index (χ4v) is 1.84. The molecule has 1 rings (SSSR count). The Bertz CT molecular complexity index is 362. The van der Waals surface area contributed by atoms with Crippen molar-refractivity contribution in [1.82, 2.24) is 0 Å². The molecule has 0 radical (unpaired) electrons. The second-order valence-electron chi connectivity index (χ2n) is 4.17. The van der Waals surface area contributed by atoms with Crippen LogP contribution < -0.4 is 0 Å². The molecule has 0 aliphatic carbocycles. The summed E-state index contributed by atoms with van der Waals surface area (Å²) in [5, 5.41) is 0. The van der Waals surface area contributed by atoms with Crippen LogP contribution in [0, 0.1) is 0 Å². The van der Waals surface area contributed by atoms with Gasteiger partial charge in [-0.1, -0.05) is 28.1 Å². The third-order valence-corrected chi connectivity index (χ3v) is 3.05. The van der Waals surface area contributed by atoms with Crippen LogP contribution in [0.25, 0.3) is 0 Å². The zero-order chi connectivity index (χ0) is 13.4. The molecule has 1 unspecified atom stereocenters. The first kappa shape index (κ1) is 15.3. The molecule has 0 amide bonds. The monoisotopic (exact) mass is 314 g/mol. The van der Waals surface area contributed by atoms with Crippen molar-refractivity contribution in [2.45, 2.75) is 25.9 Å². The van der Waals surface area contributed by atoms with E-state index in [1.54, 1.807) is 7.11 Å². The molecule has 100 valence electrons. The molecule has 0 saturated heterocycles. The number of ether oxygens (including phenoxy) is 2. The maximum Gasteiger partial charge on any atom is 0.162 e. The molecule has 1 aromatic carbocycles. The predicted octanol–water partition coefficient (Wildman–Crippen LogP) is 3.46. The molecule has 3 nitrogen and oxygen atoms in total.